The number of phenols is 3. The van der Waals surface area contributed by atoms with Crippen molar-refractivity contribution in [3.8, 4) is 17.2 Å². The summed E-state index contributed by atoms with van der Waals surface area (Å²) in [5, 5.41) is 146. The lowest BCUT2D eigenvalue weighted by Crippen LogP contribution is -2.10. The highest BCUT2D eigenvalue weighted by Crippen LogP contribution is 2.57. The first-order chi connectivity index (χ1) is 54.2. The van der Waals surface area contributed by atoms with Crippen LogP contribution in [-0.2, 0) is 0 Å². The molecule has 0 aromatic heterocycles. The third-order valence-corrected chi connectivity index (χ3v) is 25.9. The average Bonchev–Trinajstić information content (AvgIpc) is 0.691. The lowest BCUT2D eigenvalue weighted by Gasteiger charge is -2.27. The molecule has 0 aliphatic heterocycles. The van der Waals surface area contributed by atoms with Gasteiger partial charge in [-0.25, -0.2) is 0 Å². The van der Waals surface area contributed by atoms with E-state index < -0.39 is 36.6 Å². The molecule has 0 heterocycles. The van der Waals surface area contributed by atoms with E-state index in [0.29, 0.717) is 50.1 Å². The SMILES string of the molecule is Oc1ccc(C(O)c2cc3ccc4ccc5c(C(O)c6cc(C(O)c7cc8ccc9ccc%10cc(C(O)c%11ccc(O)cc%11)c%11ccc%12ccc7c7c8c9c%10c%11c%127)cc(C(O)c7cc8ccc9ccc%10cc(C(O)c%11ccc(O)cc%11)c%11ccc%12ccc7c7c8c9c%10c%11c%127)c6)cc6ccc7ccc2c2c7c6c5c4c32)cc1. The first-order valence-corrected chi connectivity index (χ1v) is 37.8. The molecule has 0 aliphatic carbocycles. The molecular weight excluding hydrogens is 1370 g/mol. The smallest absolute Gasteiger partial charge is 0.115 e. The molecular formula is C102H60O9. The molecule has 9 N–H and O–H groups in total. The summed E-state index contributed by atoms with van der Waals surface area (Å²) >= 11 is 0. The second-order valence-electron chi connectivity index (χ2n) is 31.4. The number of aliphatic hydroxyl groups excluding tert-OH is 6. The maximum absolute atomic E-state index is 14.0. The van der Waals surface area contributed by atoms with Gasteiger partial charge in [-0.15, -0.1) is 0 Å². The summed E-state index contributed by atoms with van der Waals surface area (Å²) in [6, 6.07) is 89.8. The molecule has 0 saturated carbocycles. The van der Waals surface area contributed by atoms with Crippen molar-refractivity contribution in [3.63, 3.8) is 0 Å². The summed E-state index contributed by atoms with van der Waals surface area (Å²) in [6.45, 7) is 0. The van der Waals surface area contributed by atoms with Gasteiger partial charge >= 0.3 is 0 Å². The molecule has 0 fully saturated rings. The fourth-order valence-electron chi connectivity index (χ4n) is 21.0. The molecule has 0 bridgehead atoms. The van der Waals surface area contributed by atoms with Gasteiger partial charge in [0.1, 0.15) is 53.9 Å². The van der Waals surface area contributed by atoms with Crippen LogP contribution in [0.15, 0.2) is 273 Å². The zero-order valence-corrected chi connectivity index (χ0v) is 59.0. The van der Waals surface area contributed by atoms with Crippen molar-refractivity contribution in [1.29, 1.82) is 0 Å². The summed E-state index contributed by atoms with van der Waals surface area (Å²) in [5.41, 5.74) is 7.54. The van der Waals surface area contributed by atoms with Crippen molar-refractivity contribution in [1.82, 2.24) is 0 Å². The van der Waals surface area contributed by atoms with Crippen molar-refractivity contribution in [2.75, 3.05) is 0 Å². The van der Waals surface area contributed by atoms with Gasteiger partial charge in [-0.3, -0.25) is 0 Å². The molecule has 0 radical (unpaired) electrons. The van der Waals surface area contributed by atoms with Crippen molar-refractivity contribution < 1.29 is 46.0 Å². The van der Waals surface area contributed by atoms with Crippen molar-refractivity contribution in [2.24, 2.45) is 0 Å². The Kier molecular flexibility index (Phi) is 12.0. The van der Waals surface area contributed by atoms with Crippen LogP contribution in [0, 0.1) is 0 Å². The molecule has 111 heavy (non-hydrogen) atoms. The van der Waals surface area contributed by atoms with Crippen molar-refractivity contribution >= 4 is 194 Å². The molecule has 25 aromatic rings. The Labute approximate surface area is 629 Å². The van der Waals surface area contributed by atoms with Crippen molar-refractivity contribution in [2.45, 2.75) is 36.6 Å². The van der Waals surface area contributed by atoms with Crippen LogP contribution in [0.5, 0.6) is 17.2 Å². The van der Waals surface area contributed by atoms with E-state index in [2.05, 4.69) is 182 Å². The largest absolute Gasteiger partial charge is 0.508 e. The first-order valence-electron chi connectivity index (χ1n) is 37.8. The summed E-state index contributed by atoms with van der Waals surface area (Å²) in [5.74, 6) is 0.350. The van der Waals surface area contributed by atoms with Gasteiger partial charge in [0.05, 0.1) is 0 Å². The lowest BCUT2D eigenvalue weighted by atomic mass is 9.78. The molecule has 25 rings (SSSR count). The molecule has 9 nitrogen and oxygen atoms in total. The number of aromatic hydroxyl groups is 3. The Morgan fingerprint density at radius 1 is 0.135 bits per heavy atom. The van der Waals surface area contributed by atoms with Crippen LogP contribution in [0.25, 0.3) is 194 Å². The van der Waals surface area contributed by atoms with Crippen LogP contribution in [0.1, 0.15) is 103 Å². The van der Waals surface area contributed by atoms with E-state index in [9.17, 15) is 46.0 Å². The zero-order chi connectivity index (χ0) is 73.7. The molecule has 9 heteroatoms. The molecule has 25 aromatic carbocycles. The van der Waals surface area contributed by atoms with Crippen LogP contribution in [0.3, 0.4) is 0 Å². The van der Waals surface area contributed by atoms with E-state index in [-0.39, 0.29) is 17.2 Å². The molecule has 6 atom stereocenters. The molecule has 522 valence electrons. The van der Waals surface area contributed by atoms with Gasteiger partial charge in [0.15, 0.2) is 0 Å². The minimum atomic E-state index is -1.33. The predicted molar refractivity (Wildman–Crippen MR) is 450 cm³/mol. The number of aliphatic hydroxyl groups is 6. The van der Waals surface area contributed by atoms with Gasteiger partial charge in [0.2, 0.25) is 0 Å². The molecule has 0 saturated heterocycles. The number of hydrogen-bond acceptors (Lipinski definition) is 9. The summed E-state index contributed by atoms with van der Waals surface area (Å²) in [6.07, 6.45) is -6.98. The van der Waals surface area contributed by atoms with Crippen LogP contribution in [0.2, 0.25) is 0 Å². The fourth-order valence-corrected chi connectivity index (χ4v) is 21.0. The number of benzene rings is 25. The Morgan fingerprint density at radius 3 is 0.477 bits per heavy atom. The summed E-state index contributed by atoms with van der Waals surface area (Å²) < 4.78 is 0. The number of hydrogen-bond donors (Lipinski definition) is 9. The maximum Gasteiger partial charge on any atom is 0.115 e. The van der Waals surface area contributed by atoms with Crippen LogP contribution < -0.4 is 0 Å². The van der Waals surface area contributed by atoms with E-state index >= 15 is 0 Å². The maximum atomic E-state index is 14.0. The average molecular weight is 1430 g/mol. The third kappa shape index (κ3) is 8.02. The monoisotopic (exact) mass is 1430 g/mol. The predicted octanol–water partition coefficient (Wildman–Crippen LogP) is 23.0. The van der Waals surface area contributed by atoms with Gasteiger partial charge in [0.25, 0.3) is 0 Å². The second kappa shape index (κ2) is 21.5. The lowest BCUT2D eigenvalue weighted by molar-refractivity contribution is 0.208. The molecule has 0 amide bonds. The Hall–Kier alpha value is -13.3. The molecule has 0 aliphatic rings. The van der Waals surface area contributed by atoms with Gasteiger partial charge in [-0.1, -0.05) is 182 Å². The van der Waals surface area contributed by atoms with Gasteiger partial charge in [-0.05, 0) is 352 Å². The number of phenolic OH excluding ortho intramolecular Hbond substituents is 3. The van der Waals surface area contributed by atoms with E-state index in [4.69, 9.17) is 0 Å². The van der Waals surface area contributed by atoms with Crippen LogP contribution >= 0.6 is 0 Å². The zero-order valence-electron chi connectivity index (χ0n) is 59.0. The van der Waals surface area contributed by atoms with Crippen LogP contribution in [0.4, 0.5) is 0 Å². The molecule has 6 unspecified atom stereocenters. The second-order valence-corrected chi connectivity index (χ2v) is 31.4. The standard InChI is InChI=1S/C102H60O9/c103-64-25-13-52(14-26-64)97(106)73-42-59-11-5-49-20-32-70-76(45-60-12-6-48-19-31-67(73)91-81(48)90(60)92(70)82(49)89(59)91)100(109)61-37-62(101(110)77-43-57-9-3-46-1-7-55-40-74(98(107)53-15-27-65(104)28-16-53)68-33-21-50-23-35-71(77)95-83(50)93(68)85(55)79(46)87(57)95)39-63(38-61)102(111)78-44-58-10-4-47-2-8-56-41-75(99(108)54-17-29-66(105)30-18-54)69-34-22-51-24-36-72(78)96-84(51)94(69)86(56)80(47)88(58)96/h1-45,97-111H. The Morgan fingerprint density at radius 2 is 0.279 bits per heavy atom. The first kappa shape index (κ1) is 61.7. The number of rotatable bonds is 12. The van der Waals surface area contributed by atoms with E-state index in [1.807, 2.05) is 18.2 Å². The highest BCUT2D eigenvalue weighted by molar-refractivity contribution is 6.48. The highest BCUT2D eigenvalue weighted by Gasteiger charge is 2.33. The van der Waals surface area contributed by atoms with Gasteiger partial charge < -0.3 is 46.0 Å². The third-order valence-electron chi connectivity index (χ3n) is 25.9. The summed E-state index contributed by atoms with van der Waals surface area (Å²) in [4.78, 5) is 0. The van der Waals surface area contributed by atoms with E-state index in [1.165, 1.54) is 0 Å². The Balaban J connectivity index is 0.723. The molecule has 0 spiro atoms. The quantitative estimate of drug-likeness (QED) is 0.0425. The van der Waals surface area contributed by atoms with Gasteiger partial charge in [0, 0.05) is 0 Å². The topological polar surface area (TPSA) is 182 Å². The minimum absolute atomic E-state index is 0.114. The fraction of sp³-hybridized carbons (Fsp3) is 0.0588. The van der Waals surface area contributed by atoms with Crippen molar-refractivity contribution in [3.05, 3.63) is 340 Å². The minimum Gasteiger partial charge on any atom is -0.508 e. The van der Waals surface area contributed by atoms with E-state index in [1.54, 1.807) is 72.8 Å². The van der Waals surface area contributed by atoms with Crippen LogP contribution in [-0.4, -0.2) is 46.0 Å². The van der Waals surface area contributed by atoms with E-state index in [0.717, 1.165) is 211 Å². The highest BCUT2D eigenvalue weighted by atomic mass is 16.3. The normalized spacial score (nSPS) is 14.6. The van der Waals surface area contributed by atoms with Gasteiger partial charge in [-0.2, -0.15) is 0 Å². The Bertz CT molecular complexity index is 7870. The summed E-state index contributed by atoms with van der Waals surface area (Å²) in [7, 11) is 0.